The minimum atomic E-state index is 0.256. The van der Waals surface area contributed by atoms with Crippen molar-refractivity contribution in [2.75, 3.05) is 18.5 Å². The monoisotopic (exact) mass is 355 g/mol. The van der Waals surface area contributed by atoms with Crippen molar-refractivity contribution >= 4 is 27.2 Å². The molecule has 0 aromatic heterocycles. The summed E-state index contributed by atoms with van der Waals surface area (Å²) in [5.74, 6) is 0. The molecular weight excluding hydrogens is 330 g/mol. The lowest BCUT2D eigenvalue weighted by molar-refractivity contribution is 0.286. The predicted molar refractivity (Wildman–Crippen MR) is 116 cm³/mol. The Morgan fingerprint density at radius 1 is 0.667 bits per heavy atom. The van der Waals surface area contributed by atoms with Gasteiger partial charge in [-0.05, 0) is 51.6 Å². The van der Waals surface area contributed by atoms with E-state index in [9.17, 15) is 0 Å². The van der Waals surface area contributed by atoms with Crippen LogP contribution in [-0.4, -0.2) is 18.3 Å². The molecule has 2 nitrogen and oxygen atoms in total. The van der Waals surface area contributed by atoms with Crippen molar-refractivity contribution < 1.29 is 5.11 Å². The summed E-state index contributed by atoms with van der Waals surface area (Å²) in [5, 5.41) is 17.8. The maximum absolute atomic E-state index is 8.97. The lowest BCUT2D eigenvalue weighted by Crippen LogP contribution is -2.05. The van der Waals surface area contributed by atoms with E-state index in [1.807, 2.05) is 0 Å². The average Bonchev–Trinajstić information content (AvgIpc) is 2.72. The van der Waals surface area contributed by atoms with Gasteiger partial charge in [-0.2, -0.15) is 0 Å². The van der Waals surface area contributed by atoms with Crippen molar-refractivity contribution in [3.05, 3.63) is 90.0 Å². The summed E-state index contributed by atoms with van der Waals surface area (Å²) in [6, 6.07) is 28.2. The first-order valence-corrected chi connectivity index (χ1v) is 9.69. The molecule has 0 aliphatic rings. The third kappa shape index (κ3) is 3.81. The second kappa shape index (κ2) is 8.24. The van der Waals surface area contributed by atoms with Gasteiger partial charge >= 0.3 is 0 Å². The van der Waals surface area contributed by atoms with E-state index in [0.717, 1.165) is 25.8 Å². The molecule has 0 unspecified atom stereocenters. The van der Waals surface area contributed by atoms with E-state index in [0.29, 0.717) is 0 Å². The van der Waals surface area contributed by atoms with Crippen LogP contribution >= 0.6 is 0 Å². The molecule has 0 aliphatic carbocycles. The van der Waals surface area contributed by atoms with E-state index in [1.54, 1.807) is 0 Å². The van der Waals surface area contributed by atoms with Crippen molar-refractivity contribution in [1.29, 1.82) is 0 Å². The minimum absolute atomic E-state index is 0.256. The molecule has 0 atom stereocenters. The summed E-state index contributed by atoms with van der Waals surface area (Å²) in [6.45, 7) is 1.14. The summed E-state index contributed by atoms with van der Waals surface area (Å²) in [4.78, 5) is 0. The van der Waals surface area contributed by atoms with Crippen LogP contribution < -0.4 is 5.32 Å². The lowest BCUT2D eigenvalue weighted by Gasteiger charge is -2.15. The van der Waals surface area contributed by atoms with E-state index < -0.39 is 0 Å². The molecule has 0 amide bonds. The number of aliphatic hydroxyl groups excluding tert-OH is 1. The second-order valence-corrected chi connectivity index (χ2v) is 6.99. The van der Waals surface area contributed by atoms with Gasteiger partial charge < -0.3 is 10.4 Å². The van der Waals surface area contributed by atoms with Crippen LogP contribution in [0.15, 0.2) is 78.9 Å². The molecule has 4 rings (SSSR count). The zero-order valence-electron chi connectivity index (χ0n) is 15.5. The second-order valence-electron chi connectivity index (χ2n) is 6.99. The number of unbranched alkanes of at least 4 members (excludes halogenated alkanes) is 1. The van der Waals surface area contributed by atoms with Gasteiger partial charge in [-0.3, -0.25) is 0 Å². The molecule has 4 aromatic carbocycles. The number of anilines is 1. The van der Waals surface area contributed by atoms with Crippen LogP contribution in [0.5, 0.6) is 0 Å². The summed E-state index contributed by atoms with van der Waals surface area (Å²) in [5.41, 5.74) is 3.85. The molecule has 0 bridgehead atoms. The van der Waals surface area contributed by atoms with Crippen LogP contribution in [0.25, 0.3) is 21.5 Å². The first kappa shape index (κ1) is 17.6. The molecule has 0 heterocycles. The number of para-hydroxylation sites is 1. The highest BCUT2D eigenvalue weighted by atomic mass is 16.2. The molecule has 27 heavy (non-hydrogen) atoms. The molecule has 0 saturated heterocycles. The number of benzene rings is 4. The van der Waals surface area contributed by atoms with Crippen molar-refractivity contribution in [2.45, 2.75) is 19.3 Å². The average molecular weight is 355 g/mol. The largest absolute Gasteiger partial charge is 0.396 e. The maximum atomic E-state index is 8.97. The molecule has 0 aliphatic heterocycles. The standard InChI is InChI=1S/C25H25NO/c27-16-8-7-15-26-25-14-6-2-10-20(25)18-21-17-19-9-1-3-11-22(19)24-13-5-4-12-23(21)24/h1-6,9-14,17,26-27H,7-8,15-16,18H2. The summed E-state index contributed by atoms with van der Waals surface area (Å²) >= 11 is 0. The summed E-state index contributed by atoms with van der Waals surface area (Å²) in [6.07, 6.45) is 2.71. The van der Waals surface area contributed by atoms with Gasteiger partial charge in [0, 0.05) is 25.3 Å². The molecule has 2 N–H and O–H groups in total. The number of nitrogens with one attached hydrogen (secondary N) is 1. The van der Waals surface area contributed by atoms with Crippen molar-refractivity contribution in [3.8, 4) is 0 Å². The Kier molecular flexibility index (Phi) is 5.36. The molecule has 0 spiro atoms. The zero-order valence-corrected chi connectivity index (χ0v) is 15.5. The Bertz CT molecular complexity index is 1050. The Balaban J connectivity index is 1.71. The van der Waals surface area contributed by atoms with E-state index >= 15 is 0 Å². The van der Waals surface area contributed by atoms with Gasteiger partial charge in [0.2, 0.25) is 0 Å². The Hall–Kier alpha value is -2.84. The molecular formula is C25H25NO. The van der Waals surface area contributed by atoms with Crippen molar-refractivity contribution in [2.24, 2.45) is 0 Å². The van der Waals surface area contributed by atoms with Crippen LogP contribution in [0.3, 0.4) is 0 Å². The normalized spacial score (nSPS) is 11.1. The van der Waals surface area contributed by atoms with Crippen LogP contribution in [-0.2, 0) is 6.42 Å². The fourth-order valence-corrected chi connectivity index (χ4v) is 3.79. The van der Waals surface area contributed by atoms with Gasteiger partial charge in [0.15, 0.2) is 0 Å². The number of hydrogen-bond acceptors (Lipinski definition) is 2. The first-order chi connectivity index (χ1) is 13.4. The summed E-state index contributed by atoms with van der Waals surface area (Å²) in [7, 11) is 0. The van der Waals surface area contributed by atoms with Gasteiger partial charge in [0.05, 0.1) is 0 Å². The Morgan fingerprint density at radius 3 is 2.22 bits per heavy atom. The number of fused-ring (bicyclic) bond motifs is 3. The zero-order chi connectivity index (χ0) is 18.5. The highest BCUT2D eigenvalue weighted by Crippen LogP contribution is 2.31. The highest BCUT2D eigenvalue weighted by Gasteiger charge is 2.09. The number of hydrogen-bond donors (Lipinski definition) is 2. The van der Waals surface area contributed by atoms with Crippen LogP contribution in [0.4, 0.5) is 5.69 Å². The van der Waals surface area contributed by atoms with Crippen molar-refractivity contribution in [3.63, 3.8) is 0 Å². The van der Waals surface area contributed by atoms with Crippen LogP contribution in [0, 0.1) is 0 Å². The fourth-order valence-electron chi connectivity index (χ4n) is 3.79. The predicted octanol–water partition coefficient (Wildman–Crippen LogP) is 5.77. The topological polar surface area (TPSA) is 32.3 Å². The van der Waals surface area contributed by atoms with E-state index in [-0.39, 0.29) is 6.61 Å². The molecule has 136 valence electrons. The van der Waals surface area contributed by atoms with Crippen molar-refractivity contribution in [1.82, 2.24) is 0 Å². The molecule has 4 aromatic rings. The Morgan fingerprint density at radius 2 is 1.37 bits per heavy atom. The quantitative estimate of drug-likeness (QED) is 0.326. The molecule has 0 fully saturated rings. The van der Waals surface area contributed by atoms with Crippen LogP contribution in [0.2, 0.25) is 0 Å². The Labute approximate surface area is 160 Å². The SMILES string of the molecule is OCCCCNc1ccccc1Cc1cc2ccccc2c2ccccc12. The van der Waals surface area contributed by atoms with E-state index in [4.69, 9.17) is 5.11 Å². The van der Waals surface area contributed by atoms with Gasteiger partial charge in [0.25, 0.3) is 0 Å². The highest BCUT2D eigenvalue weighted by molar-refractivity contribution is 6.09. The maximum Gasteiger partial charge on any atom is 0.0431 e. The van der Waals surface area contributed by atoms with Crippen LogP contribution in [0.1, 0.15) is 24.0 Å². The first-order valence-electron chi connectivity index (χ1n) is 9.69. The molecule has 0 radical (unpaired) electrons. The molecule has 0 saturated carbocycles. The van der Waals surface area contributed by atoms with E-state index in [2.05, 4.69) is 84.2 Å². The minimum Gasteiger partial charge on any atom is -0.396 e. The third-order valence-electron chi connectivity index (χ3n) is 5.15. The third-order valence-corrected chi connectivity index (χ3v) is 5.15. The fraction of sp³-hybridized carbons (Fsp3) is 0.200. The number of aliphatic hydroxyl groups is 1. The summed E-state index contributed by atoms with van der Waals surface area (Å²) < 4.78 is 0. The lowest BCUT2D eigenvalue weighted by atomic mass is 9.93. The smallest absolute Gasteiger partial charge is 0.0431 e. The molecule has 2 heteroatoms. The van der Waals surface area contributed by atoms with Gasteiger partial charge in [-0.1, -0.05) is 72.8 Å². The van der Waals surface area contributed by atoms with Gasteiger partial charge in [0.1, 0.15) is 0 Å². The van der Waals surface area contributed by atoms with Gasteiger partial charge in [-0.25, -0.2) is 0 Å². The van der Waals surface area contributed by atoms with E-state index in [1.165, 1.54) is 38.4 Å². The van der Waals surface area contributed by atoms with Gasteiger partial charge in [-0.15, -0.1) is 0 Å². The number of rotatable bonds is 7.